The fourth-order valence-corrected chi connectivity index (χ4v) is 8.21. The van der Waals surface area contributed by atoms with Crippen molar-refractivity contribution in [3.05, 3.63) is 44.9 Å². The minimum absolute atomic E-state index is 0.0650. The lowest BCUT2D eigenvalue weighted by Crippen LogP contribution is -2.46. The van der Waals surface area contributed by atoms with Crippen molar-refractivity contribution in [2.75, 3.05) is 18.1 Å². The SMILES string of the molecule is Cc1cc(C(=O)CN2C(=O)N[C@@]3(CCCc4sccc43)C2=O)c(C)n1[C@H]1CCS(=O)(=O)C1. The number of hydrogen-bond donors (Lipinski definition) is 1. The maximum atomic E-state index is 13.4. The van der Waals surface area contributed by atoms with E-state index in [2.05, 4.69) is 5.32 Å². The van der Waals surface area contributed by atoms with Crippen LogP contribution in [0.1, 0.15) is 57.5 Å². The first-order valence-electron chi connectivity index (χ1n) is 10.8. The molecule has 2 aromatic heterocycles. The van der Waals surface area contributed by atoms with Crippen LogP contribution in [0.2, 0.25) is 0 Å². The molecule has 2 fully saturated rings. The summed E-state index contributed by atoms with van der Waals surface area (Å²) in [4.78, 5) is 41.5. The average molecular weight is 476 g/mol. The van der Waals surface area contributed by atoms with E-state index in [0.717, 1.165) is 33.9 Å². The molecule has 2 aromatic rings. The molecule has 170 valence electrons. The number of carbonyl (C=O) groups is 3. The first kappa shape index (κ1) is 21.4. The molecule has 32 heavy (non-hydrogen) atoms. The van der Waals surface area contributed by atoms with Crippen LogP contribution in [0.3, 0.4) is 0 Å². The van der Waals surface area contributed by atoms with Gasteiger partial charge in [-0.15, -0.1) is 11.3 Å². The van der Waals surface area contributed by atoms with Gasteiger partial charge in [0.1, 0.15) is 5.54 Å². The number of ketones is 1. The van der Waals surface area contributed by atoms with E-state index in [1.807, 2.05) is 22.9 Å². The first-order chi connectivity index (χ1) is 15.1. The monoisotopic (exact) mass is 475 g/mol. The molecular weight excluding hydrogens is 450 g/mol. The van der Waals surface area contributed by atoms with E-state index in [1.54, 1.807) is 24.3 Å². The second-order valence-corrected chi connectivity index (χ2v) is 12.2. The van der Waals surface area contributed by atoms with E-state index in [0.29, 0.717) is 24.1 Å². The first-order valence-corrected chi connectivity index (χ1v) is 13.5. The minimum Gasteiger partial charge on any atom is -0.344 e. The molecule has 0 saturated carbocycles. The van der Waals surface area contributed by atoms with Gasteiger partial charge in [-0.25, -0.2) is 13.2 Å². The van der Waals surface area contributed by atoms with Crippen molar-refractivity contribution in [2.24, 2.45) is 0 Å². The zero-order valence-electron chi connectivity index (χ0n) is 18.0. The van der Waals surface area contributed by atoms with E-state index >= 15 is 0 Å². The lowest BCUT2D eigenvalue weighted by atomic mass is 9.80. The highest BCUT2D eigenvalue weighted by molar-refractivity contribution is 7.91. The molecular formula is C22H25N3O5S2. The molecule has 1 spiro atoms. The van der Waals surface area contributed by atoms with Crippen LogP contribution in [0.15, 0.2) is 17.5 Å². The third-order valence-corrected chi connectivity index (χ3v) is 9.73. The van der Waals surface area contributed by atoms with Crippen LogP contribution in [0.5, 0.6) is 0 Å². The van der Waals surface area contributed by atoms with Crippen molar-refractivity contribution >= 4 is 38.9 Å². The molecule has 2 aliphatic heterocycles. The highest BCUT2D eigenvalue weighted by Crippen LogP contribution is 2.42. The number of thiophene rings is 1. The fourth-order valence-electron chi connectivity index (χ4n) is 5.51. The van der Waals surface area contributed by atoms with E-state index in [1.165, 1.54) is 0 Å². The maximum Gasteiger partial charge on any atom is 0.325 e. The van der Waals surface area contributed by atoms with Crippen LogP contribution >= 0.6 is 11.3 Å². The van der Waals surface area contributed by atoms with Gasteiger partial charge in [0, 0.05) is 33.4 Å². The van der Waals surface area contributed by atoms with Crippen molar-refractivity contribution in [1.82, 2.24) is 14.8 Å². The Morgan fingerprint density at radius 1 is 1.31 bits per heavy atom. The van der Waals surface area contributed by atoms with Gasteiger partial charge in [0.05, 0.1) is 18.1 Å². The van der Waals surface area contributed by atoms with Crippen LogP contribution < -0.4 is 5.32 Å². The summed E-state index contributed by atoms with van der Waals surface area (Å²) in [7, 11) is -3.07. The number of carbonyl (C=O) groups excluding carboxylic acids is 3. The number of imide groups is 1. The number of amides is 3. The van der Waals surface area contributed by atoms with E-state index < -0.39 is 21.4 Å². The van der Waals surface area contributed by atoms with Gasteiger partial charge < -0.3 is 9.88 Å². The molecule has 0 aromatic carbocycles. The normalized spacial score (nSPS) is 26.6. The summed E-state index contributed by atoms with van der Waals surface area (Å²) in [6.45, 7) is 3.30. The summed E-state index contributed by atoms with van der Waals surface area (Å²) in [6.07, 6.45) is 2.73. The topological polar surface area (TPSA) is 106 Å². The Morgan fingerprint density at radius 3 is 2.81 bits per heavy atom. The van der Waals surface area contributed by atoms with Crippen LogP contribution in [-0.4, -0.2) is 53.7 Å². The van der Waals surface area contributed by atoms with Crippen molar-refractivity contribution in [3.63, 3.8) is 0 Å². The van der Waals surface area contributed by atoms with Gasteiger partial charge in [-0.1, -0.05) is 0 Å². The van der Waals surface area contributed by atoms with E-state index in [4.69, 9.17) is 0 Å². The third kappa shape index (κ3) is 3.14. The quantitative estimate of drug-likeness (QED) is 0.540. The summed E-state index contributed by atoms with van der Waals surface area (Å²) in [5.41, 5.74) is 1.68. The largest absolute Gasteiger partial charge is 0.344 e. The molecule has 2 saturated heterocycles. The highest BCUT2D eigenvalue weighted by atomic mass is 32.2. The molecule has 4 heterocycles. The molecule has 10 heteroatoms. The van der Waals surface area contributed by atoms with Gasteiger partial charge in [-0.05, 0) is 57.0 Å². The Balaban J connectivity index is 1.40. The van der Waals surface area contributed by atoms with E-state index in [-0.39, 0.29) is 35.8 Å². The number of fused-ring (bicyclic) bond motifs is 2. The number of Topliss-reactive ketones (excluding diaryl/α,β-unsaturated/α-hetero) is 1. The summed E-state index contributed by atoms with van der Waals surface area (Å²) in [6, 6.07) is 2.89. The fraction of sp³-hybridized carbons (Fsp3) is 0.500. The molecule has 3 amide bonds. The number of hydrogen-bond acceptors (Lipinski definition) is 6. The predicted molar refractivity (Wildman–Crippen MR) is 120 cm³/mol. The standard InChI is InChI=1S/C22H25N3O5S2/c1-13-10-16(14(2)25(13)15-6-9-32(29,30)12-15)18(26)11-24-20(27)22(23-21(24)28)7-3-4-19-17(22)5-8-31-19/h5,8,10,15H,3-4,6-7,9,11-12H2,1-2H3,(H,23,28)/t15-,22+/m0/s1. The smallest absolute Gasteiger partial charge is 0.325 e. The summed E-state index contributed by atoms with van der Waals surface area (Å²) in [5.74, 6) is -0.485. The average Bonchev–Trinajstić information content (AvgIpc) is 3.46. The molecule has 1 N–H and O–H groups in total. The lowest BCUT2D eigenvalue weighted by molar-refractivity contribution is -0.131. The lowest BCUT2D eigenvalue weighted by Gasteiger charge is -2.31. The Labute approximate surface area is 190 Å². The van der Waals surface area contributed by atoms with Crippen LogP contribution in [0.4, 0.5) is 4.79 Å². The molecule has 0 unspecified atom stereocenters. The van der Waals surface area contributed by atoms with E-state index in [9.17, 15) is 22.8 Å². The number of nitrogens with zero attached hydrogens (tertiary/aromatic N) is 2. The zero-order valence-corrected chi connectivity index (χ0v) is 19.6. The predicted octanol–water partition coefficient (Wildman–Crippen LogP) is 2.49. The zero-order chi connectivity index (χ0) is 22.8. The molecule has 0 bridgehead atoms. The minimum atomic E-state index is -3.07. The van der Waals surface area contributed by atoms with Gasteiger partial charge in [0.25, 0.3) is 5.91 Å². The molecule has 8 nitrogen and oxygen atoms in total. The van der Waals surface area contributed by atoms with Gasteiger partial charge >= 0.3 is 6.03 Å². The van der Waals surface area contributed by atoms with Crippen molar-refractivity contribution < 1.29 is 22.8 Å². The molecule has 2 atom stereocenters. The van der Waals surface area contributed by atoms with Gasteiger partial charge in [0.15, 0.2) is 15.6 Å². The second-order valence-electron chi connectivity index (χ2n) is 8.97. The number of sulfone groups is 1. The number of aromatic nitrogens is 1. The highest BCUT2D eigenvalue weighted by Gasteiger charge is 2.54. The second kappa shape index (κ2) is 7.28. The summed E-state index contributed by atoms with van der Waals surface area (Å²) < 4.78 is 25.8. The van der Waals surface area contributed by atoms with Crippen LogP contribution in [0, 0.1) is 13.8 Å². The van der Waals surface area contributed by atoms with Gasteiger partial charge in [-0.3, -0.25) is 14.5 Å². The third-order valence-electron chi connectivity index (χ3n) is 7.00. The number of rotatable bonds is 4. The molecule has 1 aliphatic carbocycles. The van der Waals surface area contributed by atoms with Gasteiger partial charge in [0.2, 0.25) is 0 Å². The Hall–Kier alpha value is -2.46. The van der Waals surface area contributed by atoms with Gasteiger partial charge in [-0.2, -0.15) is 0 Å². The Morgan fingerprint density at radius 2 is 2.09 bits per heavy atom. The molecule has 3 aliphatic rings. The summed E-state index contributed by atoms with van der Waals surface area (Å²) >= 11 is 1.59. The maximum absolute atomic E-state index is 13.4. The number of nitrogens with one attached hydrogen (secondary N) is 1. The van der Waals surface area contributed by atoms with Crippen molar-refractivity contribution in [3.8, 4) is 0 Å². The Kier molecular flexibility index (Phi) is 4.86. The molecule has 5 rings (SSSR count). The Bertz CT molecular complexity index is 1260. The van der Waals surface area contributed by atoms with Crippen molar-refractivity contribution in [1.29, 1.82) is 0 Å². The number of urea groups is 1. The summed E-state index contributed by atoms with van der Waals surface area (Å²) in [5, 5.41) is 4.81. The van der Waals surface area contributed by atoms with Crippen LogP contribution in [-0.2, 0) is 26.6 Å². The van der Waals surface area contributed by atoms with Crippen molar-refractivity contribution in [2.45, 2.75) is 51.1 Å². The van der Waals surface area contributed by atoms with Crippen LogP contribution in [0.25, 0.3) is 0 Å². The molecule has 0 radical (unpaired) electrons. The number of aryl methyl sites for hydroxylation is 2.